The molecule has 2 N–H and O–H groups in total. The van der Waals surface area contributed by atoms with Crippen molar-refractivity contribution in [2.75, 3.05) is 6.61 Å². The number of rotatable bonds is 4. The van der Waals surface area contributed by atoms with Gasteiger partial charge in [0.15, 0.2) is 0 Å². The number of carbonyl (C=O) groups is 2. The minimum atomic E-state index is -1.15. The molecule has 1 amide bonds. The van der Waals surface area contributed by atoms with Crippen LogP contribution < -0.4 is 5.43 Å². The lowest BCUT2D eigenvalue weighted by molar-refractivity contribution is -0.129. The number of nitrogens with one attached hydrogen (secondary N) is 1. The Kier molecular flexibility index (Phi) is 5.25. The van der Waals surface area contributed by atoms with Crippen LogP contribution in [0.15, 0.2) is 5.10 Å². The summed E-state index contributed by atoms with van der Waals surface area (Å²) in [4.78, 5) is 21.0. The number of carboxylic acids is 1. The summed E-state index contributed by atoms with van der Waals surface area (Å²) in [5.41, 5.74) is 1.84. The fourth-order valence-corrected chi connectivity index (χ4v) is 0.555. The van der Waals surface area contributed by atoms with E-state index in [1.54, 1.807) is 13.8 Å². The molecule has 0 spiro atoms. The number of hydrogen-bond donors (Lipinski definition) is 2. The van der Waals surface area contributed by atoms with Crippen LogP contribution >= 0.6 is 0 Å². The Morgan fingerprint density at radius 1 is 1.46 bits per heavy atom. The largest absolute Gasteiger partial charge is 0.477 e. The van der Waals surface area contributed by atoms with E-state index in [4.69, 9.17) is 5.11 Å². The van der Waals surface area contributed by atoms with Crippen molar-refractivity contribution in [3.05, 3.63) is 0 Å². The third-order valence-electron chi connectivity index (χ3n) is 1.14. The predicted molar refractivity (Wildman–Crippen MR) is 45.5 cm³/mol. The molecule has 0 rings (SSSR count). The third-order valence-corrected chi connectivity index (χ3v) is 1.14. The molecule has 0 aliphatic heterocycles. The van der Waals surface area contributed by atoms with Gasteiger partial charge in [0.2, 0.25) is 0 Å². The molecule has 0 atom stereocenters. The van der Waals surface area contributed by atoms with Crippen LogP contribution in [0.2, 0.25) is 0 Å². The summed E-state index contributed by atoms with van der Waals surface area (Å²) in [6.45, 7) is 3.48. The molecule has 0 aliphatic carbocycles. The highest BCUT2D eigenvalue weighted by Gasteiger charge is 2.07. The zero-order valence-corrected chi connectivity index (χ0v) is 7.53. The summed E-state index contributed by atoms with van der Waals surface area (Å²) >= 11 is 0. The number of aliphatic carboxylic acids is 1. The van der Waals surface area contributed by atoms with E-state index in [0.29, 0.717) is 0 Å². The Morgan fingerprint density at radius 3 is 2.46 bits per heavy atom. The van der Waals surface area contributed by atoms with Gasteiger partial charge in [0.1, 0.15) is 5.71 Å². The van der Waals surface area contributed by atoms with Gasteiger partial charge in [-0.25, -0.2) is 15.0 Å². The zero-order chi connectivity index (χ0) is 10.3. The van der Waals surface area contributed by atoms with Crippen LogP contribution in [0.4, 0.5) is 4.79 Å². The zero-order valence-electron chi connectivity index (χ0n) is 7.53. The number of hydrazone groups is 1. The number of nitrogens with zero attached hydrogens (tertiary/aromatic N) is 1. The van der Waals surface area contributed by atoms with E-state index in [0.717, 1.165) is 0 Å². The first-order valence-electron chi connectivity index (χ1n) is 3.84. The molecule has 0 radical (unpaired) electrons. The summed E-state index contributed by atoms with van der Waals surface area (Å²) in [5.74, 6) is -1.15. The maximum atomic E-state index is 10.7. The fourth-order valence-electron chi connectivity index (χ4n) is 0.555. The predicted octanol–water partition coefficient (Wildman–Crippen LogP) is 0.583. The minimum Gasteiger partial charge on any atom is -0.477 e. The first-order chi connectivity index (χ1) is 6.11. The number of amides is 1. The van der Waals surface area contributed by atoms with Crippen molar-refractivity contribution in [2.24, 2.45) is 5.10 Å². The molecule has 0 saturated carbocycles. The average molecular weight is 188 g/mol. The molecule has 0 aliphatic rings. The maximum Gasteiger partial charge on any atom is 0.427 e. The van der Waals surface area contributed by atoms with E-state index in [-0.39, 0.29) is 18.7 Å². The SMILES string of the molecule is CCOC(=O)N/N=C(/CC)C(=O)O. The average Bonchev–Trinajstić information content (AvgIpc) is 2.05. The molecular weight excluding hydrogens is 176 g/mol. The van der Waals surface area contributed by atoms with Gasteiger partial charge in [-0.3, -0.25) is 0 Å². The van der Waals surface area contributed by atoms with E-state index in [1.165, 1.54) is 0 Å². The molecule has 0 bridgehead atoms. The summed E-state index contributed by atoms with van der Waals surface area (Å²) in [6.07, 6.45) is -0.517. The van der Waals surface area contributed by atoms with Gasteiger partial charge >= 0.3 is 12.1 Å². The van der Waals surface area contributed by atoms with Gasteiger partial charge in [-0.05, 0) is 13.3 Å². The Balaban J connectivity index is 4.06. The minimum absolute atomic E-state index is 0.118. The van der Waals surface area contributed by atoms with Crippen molar-refractivity contribution in [1.29, 1.82) is 0 Å². The summed E-state index contributed by atoms with van der Waals surface area (Å²) < 4.78 is 4.47. The lowest BCUT2D eigenvalue weighted by atomic mass is 10.3. The van der Waals surface area contributed by atoms with Crippen molar-refractivity contribution in [1.82, 2.24) is 5.43 Å². The van der Waals surface area contributed by atoms with Crippen molar-refractivity contribution in [3.8, 4) is 0 Å². The van der Waals surface area contributed by atoms with Gasteiger partial charge in [-0.15, -0.1) is 0 Å². The molecule has 0 aromatic rings. The van der Waals surface area contributed by atoms with Gasteiger partial charge in [0.25, 0.3) is 0 Å². The lowest BCUT2D eigenvalue weighted by Gasteiger charge is -2.00. The molecule has 0 aromatic heterocycles. The third kappa shape index (κ3) is 4.78. The molecule has 6 heteroatoms. The number of carboxylic acid groups (broad SMARTS) is 1. The highest BCUT2D eigenvalue weighted by atomic mass is 16.5. The van der Waals surface area contributed by atoms with Crippen molar-refractivity contribution < 1.29 is 19.4 Å². The van der Waals surface area contributed by atoms with Crippen LogP contribution in [-0.2, 0) is 9.53 Å². The molecule has 0 aromatic carbocycles. The highest BCUT2D eigenvalue weighted by Crippen LogP contribution is 1.85. The molecule has 0 fully saturated rings. The van der Waals surface area contributed by atoms with Crippen molar-refractivity contribution in [3.63, 3.8) is 0 Å². The standard InChI is InChI=1S/C7H12N2O4/c1-3-5(6(10)11)8-9-7(12)13-4-2/h3-4H2,1-2H3,(H,9,12)(H,10,11)/b8-5-. The number of hydrogen-bond acceptors (Lipinski definition) is 4. The summed E-state index contributed by atoms with van der Waals surface area (Å²) in [7, 11) is 0. The first kappa shape index (κ1) is 11.4. The second kappa shape index (κ2) is 5.99. The highest BCUT2D eigenvalue weighted by molar-refractivity contribution is 6.35. The van der Waals surface area contributed by atoms with Gasteiger partial charge in [-0.1, -0.05) is 6.92 Å². The molecular formula is C7H12N2O4. The van der Waals surface area contributed by atoms with E-state index >= 15 is 0 Å². The van der Waals surface area contributed by atoms with E-state index in [1.807, 2.05) is 5.43 Å². The van der Waals surface area contributed by atoms with E-state index < -0.39 is 12.1 Å². The number of ether oxygens (including phenoxy) is 1. The second-order valence-electron chi connectivity index (χ2n) is 2.05. The van der Waals surface area contributed by atoms with Crippen LogP contribution in [-0.4, -0.2) is 29.5 Å². The molecule has 0 saturated heterocycles. The summed E-state index contributed by atoms with van der Waals surface area (Å²) in [5, 5.41) is 11.8. The summed E-state index contributed by atoms with van der Waals surface area (Å²) in [6, 6.07) is 0. The molecule has 74 valence electrons. The number of carbonyl (C=O) groups excluding carboxylic acids is 1. The first-order valence-corrected chi connectivity index (χ1v) is 3.84. The molecule has 13 heavy (non-hydrogen) atoms. The van der Waals surface area contributed by atoms with E-state index in [2.05, 4.69) is 9.84 Å². The molecule has 6 nitrogen and oxygen atoms in total. The van der Waals surface area contributed by atoms with Crippen LogP contribution in [0, 0.1) is 0 Å². The van der Waals surface area contributed by atoms with Crippen LogP contribution in [0.25, 0.3) is 0 Å². The Bertz CT molecular complexity index is 225. The monoisotopic (exact) mass is 188 g/mol. The van der Waals surface area contributed by atoms with Crippen LogP contribution in [0.5, 0.6) is 0 Å². The van der Waals surface area contributed by atoms with Crippen LogP contribution in [0.3, 0.4) is 0 Å². The Hall–Kier alpha value is -1.59. The van der Waals surface area contributed by atoms with Crippen molar-refractivity contribution in [2.45, 2.75) is 20.3 Å². The molecule has 0 heterocycles. The molecule has 0 unspecified atom stereocenters. The maximum absolute atomic E-state index is 10.7. The fraction of sp³-hybridized carbons (Fsp3) is 0.571. The van der Waals surface area contributed by atoms with Gasteiger partial charge in [-0.2, -0.15) is 5.10 Å². The second-order valence-corrected chi connectivity index (χ2v) is 2.05. The Labute approximate surface area is 75.6 Å². The topological polar surface area (TPSA) is 88.0 Å². The van der Waals surface area contributed by atoms with E-state index in [9.17, 15) is 9.59 Å². The Morgan fingerprint density at radius 2 is 2.08 bits per heavy atom. The normalized spacial score (nSPS) is 10.8. The van der Waals surface area contributed by atoms with Crippen molar-refractivity contribution >= 4 is 17.8 Å². The van der Waals surface area contributed by atoms with Gasteiger partial charge in [0.05, 0.1) is 6.61 Å². The van der Waals surface area contributed by atoms with Gasteiger partial charge in [0, 0.05) is 0 Å². The smallest absolute Gasteiger partial charge is 0.427 e. The van der Waals surface area contributed by atoms with Gasteiger partial charge < -0.3 is 9.84 Å². The lowest BCUT2D eigenvalue weighted by Crippen LogP contribution is -2.23. The van der Waals surface area contributed by atoms with Crippen LogP contribution in [0.1, 0.15) is 20.3 Å². The quantitative estimate of drug-likeness (QED) is 0.499.